The van der Waals surface area contributed by atoms with E-state index in [2.05, 4.69) is 6.58 Å². The molecule has 0 amide bonds. The first-order chi connectivity index (χ1) is 13.5. The van der Waals surface area contributed by atoms with Crippen molar-refractivity contribution in [2.45, 2.75) is 18.6 Å². The molecule has 4 rings (SSSR count). The third kappa shape index (κ3) is 3.49. The number of carboxylic acid groups (broad SMARTS) is 1. The normalized spacial score (nSPS) is 19.6. The number of pyridine rings is 1. The van der Waals surface area contributed by atoms with Crippen molar-refractivity contribution in [3.8, 4) is 17.0 Å². The van der Waals surface area contributed by atoms with E-state index >= 15 is 0 Å². The third-order valence-electron chi connectivity index (χ3n) is 5.19. The Morgan fingerprint density at radius 1 is 1.25 bits per heavy atom. The molecule has 0 radical (unpaired) electrons. The van der Waals surface area contributed by atoms with Gasteiger partial charge >= 0.3 is 5.97 Å². The van der Waals surface area contributed by atoms with Gasteiger partial charge in [-0.05, 0) is 24.7 Å². The first-order valence-electron chi connectivity index (χ1n) is 9.27. The molecule has 0 aliphatic carbocycles. The van der Waals surface area contributed by atoms with Gasteiger partial charge in [0, 0.05) is 30.0 Å². The molecule has 5 nitrogen and oxygen atoms in total. The molecule has 142 valence electrons. The van der Waals surface area contributed by atoms with Crippen LogP contribution in [0.2, 0.25) is 0 Å². The zero-order valence-corrected chi connectivity index (χ0v) is 15.7. The second-order valence-corrected chi connectivity index (χ2v) is 7.12. The lowest BCUT2D eigenvalue weighted by Crippen LogP contribution is -2.32. The molecule has 1 aliphatic rings. The maximum atomic E-state index is 11.4. The minimum Gasteiger partial charge on any atom is -0.488 e. The summed E-state index contributed by atoms with van der Waals surface area (Å²) in [6.45, 7) is 4.41. The maximum absolute atomic E-state index is 11.4. The van der Waals surface area contributed by atoms with Crippen LogP contribution in [-0.2, 0) is 4.79 Å². The Labute approximate surface area is 163 Å². The minimum atomic E-state index is -0.813. The van der Waals surface area contributed by atoms with Gasteiger partial charge < -0.3 is 9.84 Å². The molecule has 2 aromatic carbocycles. The summed E-state index contributed by atoms with van der Waals surface area (Å²) in [4.78, 5) is 18.0. The maximum Gasteiger partial charge on any atom is 0.321 e. The van der Waals surface area contributed by atoms with Gasteiger partial charge in [0.05, 0.1) is 11.2 Å². The number of ether oxygens (including phenoxy) is 1. The molecule has 0 saturated carbocycles. The van der Waals surface area contributed by atoms with Gasteiger partial charge in [0.25, 0.3) is 0 Å². The van der Waals surface area contributed by atoms with Crippen molar-refractivity contribution >= 4 is 22.9 Å². The molecule has 1 saturated heterocycles. The van der Waals surface area contributed by atoms with Crippen molar-refractivity contribution in [3.05, 3.63) is 66.7 Å². The molecule has 0 spiro atoms. The van der Waals surface area contributed by atoms with Gasteiger partial charge in [0.1, 0.15) is 17.9 Å². The number of rotatable bonds is 5. The van der Waals surface area contributed by atoms with Gasteiger partial charge in [-0.3, -0.25) is 9.69 Å². The molecule has 1 fully saturated rings. The van der Waals surface area contributed by atoms with Gasteiger partial charge in [0.2, 0.25) is 0 Å². The van der Waals surface area contributed by atoms with E-state index in [1.807, 2.05) is 66.5 Å². The van der Waals surface area contributed by atoms with E-state index < -0.39 is 12.0 Å². The quantitative estimate of drug-likeness (QED) is 0.729. The summed E-state index contributed by atoms with van der Waals surface area (Å²) in [5.74, 6) is -0.0934. The number of hydrogen-bond donors (Lipinski definition) is 1. The summed E-state index contributed by atoms with van der Waals surface area (Å²) in [6, 6.07) is 17.3. The number of fused-ring (bicyclic) bond motifs is 1. The van der Waals surface area contributed by atoms with Crippen LogP contribution in [0.4, 0.5) is 0 Å². The summed E-state index contributed by atoms with van der Waals surface area (Å²) in [5, 5.41) is 10.3. The van der Waals surface area contributed by atoms with E-state index in [-0.39, 0.29) is 6.10 Å². The van der Waals surface area contributed by atoms with E-state index in [1.54, 1.807) is 6.08 Å². The fourth-order valence-electron chi connectivity index (χ4n) is 3.70. The third-order valence-corrected chi connectivity index (χ3v) is 5.19. The second kappa shape index (κ2) is 7.44. The highest BCUT2D eigenvalue weighted by Gasteiger charge is 2.35. The Morgan fingerprint density at radius 2 is 2.04 bits per heavy atom. The van der Waals surface area contributed by atoms with E-state index in [1.165, 1.54) is 0 Å². The summed E-state index contributed by atoms with van der Waals surface area (Å²) in [6.07, 6.45) is 2.06. The summed E-state index contributed by atoms with van der Waals surface area (Å²) < 4.78 is 6.32. The number of nitrogens with zero attached hydrogens (tertiary/aromatic N) is 2. The van der Waals surface area contributed by atoms with Crippen molar-refractivity contribution in [1.82, 2.24) is 9.88 Å². The first kappa shape index (κ1) is 18.2. The molecule has 1 N–H and O–H groups in total. The predicted molar refractivity (Wildman–Crippen MR) is 110 cm³/mol. The van der Waals surface area contributed by atoms with Crippen molar-refractivity contribution in [2.75, 3.05) is 13.6 Å². The zero-order chi connectivity index (χ0) is 19.7. The van der Waals surface area contributed by atoms with Crippen LogP contribution in [-0.4, -0.2) is 46.7 Å². The van der Waals surface area contributed by atoms with Gasteiger partial charge in [-0.25, -0.2) is 4.98 Å². The van der Waals surface area contributed by atoms with Crippen LogP contribution in [0, 0.1) is 0 Å². The average Bonchev–Trinajstić information content (AvgIpc) is 3.08. The lowest BCUT2D eigenvalue weighted by Gasteiger charge is -2.17. The number of aliphatic carboxylic acids is 1. The fraction of sp³-hybridized carbons (Fsp3) is 0.217. The van der Waals surface area contributed by atoms with Gasteiger partial charge in [-0.15, -0.1) is 0 Å². The van der Waals surface area contributed by atoms with Crippen LogP contribution in [0.5, 0.6) is 5.75 Å². The topological polar surface area (TPSA) is 62.7 Å². The number of hydrogen-bond acceptors (Lipinski definition) is 4. The highest BCUT2D eigenvalue weighted by atomic mass is 16.5. The van der Waals surface area contributed by atoms with Gasteiger partial charge in [0.15, 0.2) is 0 Å². The number of aromatic nitrogens is 1. The number of carbonyl (C=O) groups is 1. The lowest BCUT2D eigenvalue weighted by atomic mass is 10.1. The second-order valence-electron chi connectivity index (χ2n) is 7.12. The number of carboxylic acids is 1. The minimum absolute atomic E-state index is 0.187. The Hall–Kier alpha value is -3.18. The van der Waals surface area contributed by atoms with E-state index in [9.17, 15) is 9.90 Å². The standard InChI is InChI=1S/C23H22N2O3/c1-3-15-9-10-19-18(11-15)22(13-20(24-19)16-7-5-4-6-8-16)28-17-12-21(23(26)27)25(2)14-17/h3-11,13,17,21H,1,12,14H2,2H3,(H,26,27)/t17-,21+/m1/s1. The summed E-state index contributed by atoms with van der Waals surface area (Å²) in [7, 11) is 1.82. The zero-order valence-electron chi connectivity index (χ0n) is 15.7. The van der Waals surface area contributed by atoms with Gasteiger partial charge in [-0.1, -0.05) is 49.1 Å². The Kier molecular flexibility index (Phi) is 4.84. The van der Waals surface area contributed by atoms with E-state index in [4.69, 9.17) is 9.72 Å². The van der Waals surface area contributed by atoms with Crippen LogP contribution in [0.3, 0.4) is 0 Å². The van der Waals surface area contributed by atoms with Crippen LogP contribution in [0.1, 0.15) is 12.0 Å². The molecule has 1 aliphatic heterocycles. The summed E-state index contributed by atoms with van der Waals surface area (Å²) >= 11 is 0. The predicted octanol–water partition coefficient (Wildman–Crippen LogP) is 4.08. The van der Waals surface area contributed by atoms with Crippen molar-refractivity contribution in [3.63, 3.8) is 0 Å². The van der Waals surface area contributed by atoms with Crippen LogP contribution in [0.25, 0.3) is 28.2 Å². The van der Waals surface area contributed by atoms with E-state index in [0.29, 0.717) is 13.0 Å². The van der Waals surface area contributed by atoms with Crippen molar-refractivity contribution < 1.29 is 14.6 Å². The van der Waals surface area contributed by atoms with E-state index in [0.717, 1.165) is 33.5 Å². The average molecular weight is 374 g/mol. The Balaban J connectivity index is 1.76. The molecule has 5 heteroatoms. The molecule has 1 aromatic heterocycles. The molecular weight excluding hydrogens is 352 g/mol. The highest BCUT2D eigenvalue weighted by Crippen LogP contribution is 2.33. The molecule has 0 unspecified atom stereocenters. The SMILES string of the molecule is C=Cc1ccc2nc(-c3ccccc3)cc(O[C@@H]3C[C@@H](C(=O)O)N(C)C3)c2c1. The number of likely N-dealkylation sites (N-methyl/N-ethyl adjacent to an activating group) is 1. The number of benzene rings is 2. The van der Waals surface area contributed by atoms with Crippen LogP contribution >= 0.6 is 0 Å². The molecule has 2 atom stereocenters. The van der Waals surface area contributed by atoms with Crippen LogP contribution < -0.4 is 4.74 Å². The molecular formula is C23H22N2O3. The van der Waals surface area contributed by atoms with Crippen molar-refractivity contribution in [1.29, 1.82) is 0 Å². The van der Waals surface area contributed by atoms with Gasteiger partial charge in [-0.2, -0.15) is 0 Å². The van der Waals surface area contributed by atoms with Crippen molar-refractivity contribution in [2.24, 2.45) is 0 Å². The Morgan fingerprint density at radius 3 is 2.71 bits per heavy atom. The smallest absolute Gasteiger partial charge is 0.321 e. The molecule has 0 bridgehead atoms. The first-order valence-corrected chi connectivity index (χ1v) is 9.27. The number of likely N-dealkylation sites (tertiary alicyclic amines) is 1. The monoisotopic (exact) mass is 374 g/mol. The molecule has 2 heterocycles. The molecule has 3 aromatic rings. The Bertz CT molecular complexity index is 1030. The molecule has 28 heavy (non-hydrogen) atoms. The van der Waals surface area contributed by atoms with Crippen LogP contribution in [0.15, 0.2) is 61.2 Å². The fourth-order valence-corrected chi connectivity index (χ4v) is 3.70. The largest absolute Gasteiger partial charge is 0.488 e. The highest BCUT2D eigenvalue weighted by molar-refractivity contribution is 5.89. The summed E-state index contributed by atoms with van der Waals surface area (Å²) in [5.41, 5.74) is 3.66. The lowest BCUT2D eigenvalue weighted by molar-refractivity contribution is -0.141.